The van der Waals surface area contributed by atoms with Crippen LogP contribution in [0.2, 0.25) is 0 Å². The highest BCUT2D eigenvalue weighted by Gasteiger charge is 2.25. The molecule has 1 aliphatic rings. The molecule has 30 heavy (non-hydrogen) atoms. The molecule has 0 radical (unpaired) electrons. The van der Waals surface area contributed by atoms with Crippen molar-refractivity contribution in [2.75, 3.05) is 6.54 Å². The van der Waals surface area contributed by atoms with Crippen molar-refractivity contribution in [3.05, 3.63) is 77.4 Å². The Kier molecular flexibility index (Phi) is 7.40. The number of terminal acetylenes is 1. The van der Waals surface area contributed by atoms with Crippen LogP contribution in [0.5, 0.6) is 0 Å². The molecule has 1 saturated carbocycles. The van der Waals surface area contributed by atoms with Crippen molar-refractivity contribution < 1.29 is 9.59 Å². The number of ketones is 1. The predicted octanol–water partition coefficient (Wildman–Crippen LogP) is 4.48. The lowest BCUT2D eigenvalue weighted by Crippen LogP contribution is -2.41. The second-order valence-electron chi connectivity index (χ2n) is 7.51. The summed E-state index contributed by atoms with van der Waals surface area (Å²) in [6.07, 6.45) is 14.2. The number of hydrogen-bond donors (Lipinski definition) is 1. The van der Waals surface area contributed by atoms with E-state index < -0.39 is 0 Å². The van der Waals surface area contributed by atoms with Gasteiger partial charge in [-0.15, -0.1) is 6.42 Å². The topological polar surface area (TPSA) is 66.1 Å². The fourth-order valence-corrected chi connectivity index (χ4v) is 3.70. The summed E-state index contributed by atoms with van der Waals surface area (Å²) in [6.45, 7) is 2.17. The zero-order valence-corrected chi connectivity index (χ0v) is 17.3. The maximum Gasteiger partial charge on any atom is 0.254 e. The number of aromatic nitrogens is 2. The Bertz CT molecular complexity index is 978. The minimum Gasteiger partial charge on any atom is -0.357 e. The van der Waals surface area contributed by atoms with Gasteiger partial charge in [0, 0.05) is 29.1 Å². The monoisotopic (exact) mass is 401 g/mol. The van der Waals surface area contributed by atoms with Crippen LogP contribution in [-0.4, -0.2) is 39.1 Å². The highest BCUT2D eigenvalue weighted by molar-refractivity contribution is 6.08. The molecule has 5 heteroatoms. The van der Waals surface area contributed by atoms with Crippen molar-refractivity contribution in [1.82, 2.24) is 14.9 Å². The Labute approximate surface area is 177 Å². The van der Waals surface area contributed by atoms with Crippen molar-refractivity contribution >= 4 is 11.7 Å². The second-order valence-corrected chi connectivity index (χ2v) is 7.51. The smallest absolute Gasteiger partial charge is 0.254 e. The molecule has 0 aliphatic heterocycles. The van der Waals surface area contributed by atoms with Gasteiger partial charge in [0.15, 0.2) is 0 Å². The van der Waals surface area contributed by atoms with Gasteiger partial charge in [-0.05, 0) is 44.0 Å². The third-order valence-corrected chi connectivity index (χ3v) is 5.36. The zero-order chi connectivity index (χ0) is 21.3. The van der Waals surface area contributed by atoms with Crippen molar-refractivity contribution in [2.24, 2.45) is 0 Å². The summed E-state index contributed by atoms with van der Waals surface area (Å²) in [7, 11) is 0. The van der Waals surface area contributed by atoms with E-state index in [1.54, 1.807) is 41.4 Å². The molecule has 1 heterocycles. The lowest BCUT2D eigenvalue weighted by Gasteiger charge is -2.33. The average molecular weight is 402 g/mol. The standard InChI is InChI=1S/C25H27N3O2/c1-3-17-28(22-10-5-4-6-11-22)25(30)21-14-12-20(13-15-21)24(29)23-18-27-19(2)9-7-8-16-26-23/h1,7-9,12-16,18,22,26H,4-6,10-11,17H2,2H3. The van der Waals surface area contributed by atoms with Gasteiger partial charge in [0.25, 0.3) is 5.91 Å². The van der Waals surface area contributed by atoms with E-state index in [1.165, 1.54) is 12.6 Å². The minimum absolute atomic E-state index is 0.0761. The number of benzene rings is 1. The van der Waals surface area contributed by atoms with Gasteiger partial charge in [-0.1, -0.05) is 43.4 Å². The molecule has 2 aromatic rings. The summed E-state index contributed by atoms with van der Waals surface area (Å²) in [5.41, 5.74) is 2.19. The molecule has 5 nitrogen and oxygen atoms in total. The largest absolute Gasteiger partial charge is 0.357 e. The molecular weight excluding hydrogens is 374 g/mol. The molecule has 0 saturated heterocycles. The molecule has 1 aromatic carbocycles. The Balaban J connectivity index is 1.81. The molecule has 1 N–H and O–H groups in total. The number of amides is 1. The van der Waals surface area contributed by atoms with Crippen LogP contribution in [0, 0.1) is 19.3 Å². The van der Waals surface area contributed by atoms with Gasteiger partial charge in [0.2, 0.25) is 5.78 Å². The third-order valence-electron chi connectivity index (χ3n) is 5.36. The van der Waals surface area contributed by atoms with Crippen molar-refractivity contribution in [3.8, 4) is 12.3 Å². The summed E-state index contributed by atoms with van der Waals surface area (Å²) in [4.78, 5) is 35.0. The van der Waals surface area contributed by atoms with Gasteiger partial charge in [0.05, 0.1) is 12.7 Å². The molecule has 0 atom stereocenters. The van der Waals surface area contributed by atoms with Crippen molar-refractivity contribution in [1.29, 1.82) is 0 Å². The van der Waals surface area contributed by atoms with Crippen LogP contribution in [0.4, 0.5) is 0 Å². The Hall–Kier alpha value is -3.39. The first-order valence-corrected chi connectivity index (χ1v) is 10.3. The number of nitrogens with one attached hydrogen (secondary N) is 1. The van der Waals surface area contributed by atoms with Crippen molar-refractivity contribution in [2.45, 2.75) is 45.1 Å². The lowest BCUT2D eigenvalue weighted by molar-refractivity contribution is 0.0667. The summed E-state index contributed by atoms with van der Waals surface area (Å²) in [6, 6.07) is 12.5. The highest BCUT2D eigenvalue weighted by Crippen LogP contribution is 2.24. The van der Waals surface area contributed by atoms with Crippen LogP contribution in [0.1, 0.15) is 64.2 Å². The SMILES string of the molecule is C#CCN(C(=O)c1ccc(C(=O)c2cnc(C)cccc[nH]2)cc1)C1CCCCC1. The number of aromatic amines is 1. The van der Waals surface area contributed by atoms with Crippen LogP contribution >= 0.6 is 0 Å². The molecular formula is C25H27N3O2. The second kappa shape index (κ2) is 10.4. The number of rotatable bonds is 5. The summed E-state index contributed by atoms with van der Waals surface area (Å²) in [5.74, 6) is 2.35. The first-order chi connectivity index (χ1) is 14.6. The quantitative estimate of drug-likeness (QED) is 0.593. The van der Waals surface area contributed by atoms with Gasteiger partial charge >= 0.3 is 0 Å². The third kappa shape index (κ3) is 5.36. The number of hydrogen-bond acceptors (Lipinski definition) is 3. The molecule has 1 aliphatic carbocycles. The van der Waals surface area contributed by atoms with Gasteiger partial charge in [-0.25, -0.2) is 0 Å². The van der Waals surface area contributed by atoms with Crippen LogP contribution in [0.25, 0.3) is 0 Å². The van der Waals surface area contributed by atoms with Crippen LogP contribution in [-0.2, 0) is 0 Å². The van der Waals surface area contributed by atoms with Gasteiger partial charge < -0.3 is 9.88 Å². The Morgan fingerprint density at radius 1 is 1.10 bits per heavy atom. The van der Waals surface area contributed by atoms with Gasteiger partial charge in [-0.3, -0.25) is 14.6 Å². The van der Waals surface area contributed by atoms with E-state index >= 15 is 0 Å². The summed E-state index contributed by atoms with van der Waals surface area (Å²) < 4.78 is 0. The normalized spacial score (nSPS) is 13.7. The van der Waals surface area contributed by atoms with Crippen LogP contribution in [0.15, 0.2) is 54.9 Å². The fraction of sp³-hybridized carbons (Fsp3) is 0.320. The van der Waals surface area contributed by atoms with E-state index in [9.17, 15) is 9.59 Å². The molecule has 154 valence electrons. The maximum absolute atomic E-state index is 13.1. The van der Waals surface area contributed by atoms with E-state index in [4.69, 9.17) is 6.42 Å². The van der Waals surface area contributed by atoms with E-state index in [0.717, 1.165) is 31.4 Å². The summed E-state index contributed by atoms with van der Waals surface area (Å²) >= 11 is 0. The van der Waals surface area contributed by atoms with Gasteiger partial charge in [0.1, 0.15) is 5.69 Å². The highest BCUT2D eigenvalue weighted by atomic mass is 16.2. The van der Waals surface area contributed by atoms with Crippen LogP contribution < -0.4 is 0 Å². The Morgan fingerprint density at radius 3 is 2.50 bits per heavy atom. The molecule has 0 unspecified atom stereocenters. The number of aryl methyl sites for hydroxylation is 1. The average Bonchev–Trinajstić information content (AvgIpc) is 2.89. The maximum atomic E-state index is 13.1. The van der Waals surface area contributed by atoms with E-state index in [-0.39, 0.29) is 17.7 Å². The minimum atomic E-state index is -0.190. The zero-order valence-electron chi connectivity index (χ0n) is 17.3. The summed E-state index contributed by atoms with van der Waals surface area (Å²) in [5, 5.41) is 0. The molecule has 0 spiro atoms. The van der Waals surface area contributed by atoms with E-state index in [1.807, 2.05) is 19.1 Å². The fourth-order valence-electron chi connectivity index (χ4n) is 3.70. The Morgan fingerprint density at radius 2 is 1.80 bits per heavy atom. The molecule has 1 fully saturated rings. The number of nitrogens with zero attached hydrogens (tertiary/aromatic N) is 2. The first-order valence-electron chi connectivity index (χ1n) is 10.3. The number of carbonyl (C=O) groups is 2. The van der Waals surface area contributed by atoms with Crippen LogP contribution in [0.3, 0.4) is 0 Å². The number of H-pyrrole nitrogens is 1. The van der Waals surface area contributed by atoms with E-state index in [0.29, 0.717) is 23.4 Å². The predicted molar refractivity (Wildman–Crippen MR) is 118 cm³/mol. The lowest BCUT2D eigenvalue weighted by atomic mass is 9.93. The van der Waals surface area contributed by atoms with Gasteiger partial charge in [-0.2, -0.15) is 0 Å². The molecule has 1 amide bonds. The molecule has 3 rings (SSSR count). The first kappa shape index (κ1) is 21.3. The molecule has 1 aromatic heterocycles. The van der Waals surface area contributed by atoms with Crippen molar-refractivity contribution in [3.63, 3.8) is 0 Å². The number of carbonyl (C=O) groups excluding carboxylic acids is 2. The van der Waals surface area contributed by atoms with E-state index in [2.05, 4.69) is 15.9 Å². The molecule has 0 bridgehead atoms.